The minimum atomic E-state index is -0.193. The molecule has 1 aliphatic carbocycles. The second kappa shape index (κ2) is 5.35. The van der Waals surface area contributed by atoms with E-state index in [-0.39, 0.29) is 18.0 Å². The Bertz CT molecular complexity index is 590. The molecule has 2 N–H and O–H groups in total. The summed E-state index contributed by atoms with van der Waals surface area (Å²) in [6, 6.07) is 14.8. The zero-order valence-electron chi connectivity index (χ0n) is 11.3. The molecule has 104 valence electrons. The van der Waals surface area contributed by atoms with Crippen LogP contribution in [0, 0.1) is 5.82 Å². The summed E-state index contributed by atoms with van der Waals surface area (Å²) in [5, 5.41) is 12.5. The van der Waals surface area contributed by atoms with E-state index in [9.17, 15) is 4.39 Å². The Morgan fingerprint density at radius 1 is 1.00 bits per heavy atom. The van der Waals surface area contributed by atoms with Gasteiger partial charge < -0.3 is 10.4 Å². The Hall–Kier alpha value is -1.71. The van der Waals surface area contributed by atoms with Crippen molar-refractivity contribution in [3.63, 3.8) is 0 Å². The van der Waals surface area contributed by atoms with Gasteiger partial charge in [-0.2, -0.15) is 0 Å². The van der Waals surface area contributed by atoms with Gasteiger partial charge in [0.15, 0.2) is 0 Å². The standard InChI is InChI=1S/C17H18FNO/c18-16-4-2-1-3-15(16)17(9-10-17)19-11-13-5-7-14(12-20)8-6-13/h1-8,19-20H,9-12H2. The summed E-state index contributed by atoms with van der Waals surface area (Å²) in [5.41, 5.74) is 2.63. The molecule has 3 heteroatoms. The number of aliphatic hydroxyl groups is 1. The Balaban J connectivity index is 1.70. The van der Waals surface area contributed by atoms with E-state index in [1.807, 2.05) is 36.4 Å². The molecule has 2 aromatic carbocycles. The first-order valence-electron chi connectivity index (χ1n) is 6.92. The van der Waals surface area contributed by atoms with Gasteiger partial charge in [0.25, 0.3) is 0 Å². The van der Waals surface area contributed by atoms with Gasteiger partial charge in [-0.15, -0.1) is 0 Å². The lowest BCUT2D eigenvalue weighted by Gasteiger charge is -2.18. The molecule has 0 aliphatic heterocycles. The molecule has 0 amide bonds. The van der Waals surface area contributed by atoms with Crippen molar-refractivity contribution in [1.29, 1.82) is 0 Å². The molecule has 0 aromatic heterocycles. The van der Waals surface area contributed by atoms with Crippen molar-refractivity contribution in [1.82, 2.24) is 5.32 Å². The fourth-order valence-corrected chi connectivity index (χ4v) is 2.55. The Morgan fingerprint density at radius 2 is 1.65 bits per heavy atom. The zero-order chi connectivity index (χ0) is 14.0. The van der Waals surface area contributed by atoms with E-state index in [0.717, 1.165) is 29.5 Å². The SMILES string of the molecule is OCc1ccc(CNC2(c3ccccc3F)CC2)cc1. The molecule has 20 heavy (non-hydrogen) atoms. The number of halogens is 1. The van der Waals surface area contributed by atoms with Gasteiger partial charge in [-0.25, -0.2) is 4.39 Å². The van der Waals surface area contributed by atoms with Crippen LogP contribution in [-0.4, -0.2) is 5.11 Å². The van der Waals surface area contributed by atoms with E-state index in [4.69, 9.17) is 5.11 Å². The largest absolute Gasteiger partial charge is 0.392 e. The van der Waals surface area contributed by atoms with Gasteiger partial charge in [-0.05, 0) is 30.0 Å². The highest BCUT2D eigenvalue weighted by Gasteiger charge is 2.45. The summed E-state index contributed by atoms with van der Waals surface area (Å²) in [6.07, 6.45) is 1.95. The van der Waals surface area contributed by atoms with Crippen LogP contribution in [0.3, 0.4) is 0 Å². The van der Waals surface area contributed by atoms with E-state index in [0.29, 0.717) is 6.54 Å². The first-order chi connectivity index (χ1) is 9.73. The molecule has 0 atom stereocenters. The lowest BCUT2D eigenvalue weighted by molar-refractivity contribution is 0.282. The highest BCUT2D eigenvalue weighted by molar-refractivity contribution is 5.32. The number of rotatable bonds is 5. The lowest BCUT2D eigenvalue weighted by Crippen LogP contribution is -2.29. The van der Waals surface area contributed by atoms with Gasteiger partial charge in [0.05, 0.1) is 6.61 Å². The number of benzene rings is 2. The third kappa shape index (κ3) is 2.60. The molecule has 0 heterocycles. The van der Waals surface area contributed by atoms with E-state index in [1.54, 1.807) is 6.07 Å². The average Bonchev–Trinajstić information content (AvgIpc) is 3.27. The van der Waals surface area contributed by atoms with Crippen molar-refractivity contribution in [3.05, 3.63) is 71.0 Å². The number of hydrogen-bond donors (Lipinski definition) is 2. The number of nitrogens with one attached hydrogen (secondary N) is 1. The van der Waals surface area contributed by atoms with Crippen LogP contribution in [0.25, 0.3) is 0 Å². The van der Waals surface area contributed by atoms with Crippen LogP contribution < -0.4 is 5.32 Å². The summed E-state index contributed by atoms with van der Waals surface area (Å²) >= 11 is 0. The van der Waals surface area contributed by atoms with Crippen LogP contribution in [0.5, 0.6) is 0 Å². The summed E-state index contributed by atoms with van der Waals surface area (Å²) in [5.74, 6) is -0.131. The first-order valence-corrected chi connectivity index (χ1v) is 6.92. The molecule has 0 saturated heterocycles. The van der Waals surface area contributed by atoms with Crippen LogP contribution >= 0.6 is 0 Å². The minimum Gasteiger partial charge on any atom is -0.392 e. The van der Waals surface area contributed by atoms with Crippen molar-refractivity contribution in [2.45, 2.75) is 31.5 Å². The predicted octanol–water partition coefficient (Wildman–Crippen LogP) is 3.10. The highest BCUT2D eigenvalue weighted by Crippen LogP contribution is 2.46. The normalized spacial score (nSPS) is 16.1. The van der Waals surface area contributed by atoms with Gasteiger partial charge >= 0.3 is 0 Å². The molecule has 2 nitrogen and oxygen atoms in total. The van der Waals surface area contributed by atoms with Crippen molar-refractivity contribution >= 4 is 0 Å². The topological polar surface area (TPSA) is 32.3 Å². The second-order valence-corrected chi connectivity index (χ2v) is 5.39. The quantitative estimate of drug-likeness (QED) is 0.876. The van der Waals surface area contributed by atoms with Crippen molar-refractivity contribution in [2.75, 3.05) is 0 Å². The smallest absolute Gasteiger partial charge is 0.128 e. The molecule has 0 radical (unpaired) electrons. The molecule has 0 unspecified atom stereocenters. The fraction of sp³-hybridized carbons (Fsp3) is 0.294. The second-order valence-electron chi connectivity index (χ2n) is 5.39. The summed E-state index contributed by atoms with van der Waals surface area (Å²) in [7, 11) is 0. The van der Waals surface area contributed by atoms with Crippen LogP contribution in [0.15, 0.2) is 48.5 Å². The summed E-state index contributed by atoms with van der Waals surface area (Å²) in [4.78, 5) is 0. The summed E-state index contributed by atoms with van der Waals surface area (Å²) < 4.78 is 13.9. The summed E-state index contributed by atoms with van der Waals surface area (Å²) in [6.45, 7) is 0.771. The minimum absolute atomic E-state index is 0.0624. The van der Waals surface area contributed by atoms with Crippen LogP contribution in [0.1, 0.15) is 29.5 Å². The molecule has 1 fully saturated rings. The van der Waals surface area contributed by atoms with Crippen LogP contribution in [0.2, 0.25) is 0 Å². The van der Waals surface area contributed by atoms with Crippen LogP contribution in [0.4, 0.5) is 4.39 Å². The molecule has 1 aliphatic rings. The lowest BCUT2D eigenvalue weighted by atomic mass is 10.0. The maximum absolute atomic E-state index is 13.9. The molecule has 3 rings (SSSR count). The maximum atomic E-state index is 13.9. The van der Waals surface area contributed by atoms with Crippen molar-refractivity contribution in [2.24, 2.45) is 0 Å². The van der Waals surface area contributed by atoms with Gasteiger partial charge in [0, 0.05) is 17.6 Å². The predicted molar refractivity (Wildman–Crippen MR) is 76.5 cm³/mol. The van der Waals surface area contributed by atoms with Gasteiger partial charge in [-0.3, -0.25) is 0 Å². The van der Waals surface area contributed by atoms with Crippen molar-refractivity contribution in [3.8, 4) is 0 Å². The zero-order valence-corrected chi connectivity index (χ0v) is 11.3. The Labute approximate surface area is 118 Å². The van der Waals surface area contributed by atoms with Gasteiger partial charge in [0.1, 0.15) is 5.82 Å². The third-order valence-corrected chi connectivity index (χ3v) is 3.98. The van der Waals surface area contributed by atoms with E-state index < -0.39 is 0 Å². The first kappa shape index (κ1) is 13.3. The van der Waals surface area contributed by atoms with Gasteiger partial charge in [0.2, 0.25) is 0 Å². The van der Waals surface area contributed by atoms with E-state index in [1.165, 1.54) is 6.07 Å². The molecular formula is C17H18FNO. The molecule has 0 bridgehead atoms. The van der Waals surface area contributed by atoms with E-state index in [2.05, 4.69) is 5.32 Å². The number of hydrogen-bond acceptors (Lipinski definition) is 2. The highest BCUT2D eigenvalue weighted by atomic mass is 19.1. The van der Waals surface area contributed by atoms with Crippen molar-refractivity contribution < 1.29 is 9.50 Å². The van der Waals surface area contributed by atoms with Crippen LogP contribution in [-0.2, 0) is 18.7 Å². The third-order valence-electron chi connectivity index (χ3n) is 3.98. The Morgan fingerprint density at radius 3 is 2.25 bits per heavy atom. The number of aliphatic hydroxyl groups excluding tert-OH is 1. The van der Waals surface area contributed by atoms with E-state index >= 15 is 0 Å². The Kier molecular flexibility index (Phi) is 3.55. The monoisotopic (exact) mass is 271 g/mol. The maximum Gasteiger partial charge on any atom is 0.128 e. The molecule has 1 saturated carbocycles. The van der Waals surface area contributed by atoms with Gasteiger partial charge in [-0.1, -0.05) is 42.5 Å². The fourth-order valence-electron chi connectivity index (χ4n) is 2.55. The average molecular weight is 271 g/mol. The molecule has 0 spiro atoms. The molecule has 2 aromatic rings. The molecular weight excluding hydrogens is 253 g/mol.